The van der Waals surface area contributed by atoms with Crippen LogP contribution < -0.4 is 11.1 Å². The molecule has 0 saturated heterocycles. The number of carbonyl (C=O) groups excluding carboxylic acids is 1. The fourth-order valence-corrected chi connectivity index (χ4v) is 1.88. The summed E-state index contributed by atoms with van der Waals surface area (Å²) in [5, 5.41) is 12.5. The summed E-state index contributed by atoms with van der Waals surface area (Å²) >= 11 is 5.96. The zero-order valence-corrected chi connectivity index (χ0v) is 11.0. The lowest BCUT2D eigenvalue weighted by atomic mass is 10.1. The smallest absolute Gasteiger partial charge is 0.257 e. The third-order valence-corrected chi connectivity index (χ3v) is 3.02. The summed E-state index contributed by atoms with van der Waals surface area (Å²) in [4.78, 5) is 12.0. The lowest BCUT2D eigenvalue weighted by Crippen LogP contribution is -2.12. The summed E-state index contributed by atoms with van der Waals surface area (Å²) in [6.45, 7) is 1.78. The van der Waals surface area contributed by atoms with Crippen molar-refractivity contribution in [1.82, 2.24) is 0 Å². The monoisotopic (exact) mass is 276 g/mol. The first-order chi connectivity index (χ1) is 8.97. The van der Waals surface area contributed by atoms with Gasteiger partial charge in [0, 0.05) is 17.4 Å². The maximum Gasteiger partial charge on any atom is 0.257 e. The molecule has 0 saturated carbocycles. The highest BCUT2D eigenvalue weighted by atomic mass is 35.5. The second kappa shape index (κ2) is 5.20. The number of aromatic hydroxyl groups is 1. The number of rotatable bonds is 2. The average molecular weight is 277 g/mol. The van der Waals surface area contributed by atoms with Gasteiger partial charge in [0.05, 0.1) is 10.6 Å². The van der Waals surface area contributed by atoms with Crippen LogP contribution in [-0.2, 0) is 0 Å². The molecule has 0 spiro atoms. The normalized spacial score (nSPS) is 10.2. The molecule has 0 fully saturated rings. The van der Waals surface area contributed by atoms with Gasteiger partial charge in [0.25, 0.3) is 5.91 Å². The zero-order chi connectivity index (χ0) is 14.0. The van der Waals surface area contributed by atoms with E-state index in [1.54, 1.807) is 31.2 Å². The number of anilines is 2. The van der Waals surface area contributed by atoms with Crippen LogP contribution in [0.2, 0.25) is 5.02 Å². The van der Waals surface area contributed by atoms with Crippen molar-refractivity contribution < 1.29 is 9.90 Å². The molecule has 2 aromatic rings. The van der Waals surface area contributed by atoms with E-state index in [9.17, 15) is 9.90 Å². The molecule has 1 amide bonds. The van der Waals surface area contributed by atoms with Crippen LogP contribution in [0.3, 0.4) is 0 Å². The van der Waals surface area contributed by atoms with Crippen molar-refractivity contribution in [2.75, 3.05) is 11.1 Å². The molecule has 0 aliphatic heterocycles. The number of aryl methyl sites for hydroxylation is 1. The second-order valence-electron chi connectivity index (χ2n) is 4.19. The minimum Gasteiger partial charge on any atom is -0.508 e. The Morgan fingerprint density at radius 3 is 2.63 bits per heavy atom. The van der Waals surface area contributed by atoms with Gasteiger partial charge >= 0.3 is 0 Å². The number of benzene rings is 2. The lowest BCUT2D eigenvalue weighted by Gasteiger charge is -2.08. The Bertz CT molecular complexity index is 641. The van der Waals surface area contributed by atoms with E-state index < -0.39 is 0 Å². The predicted octanol–water partition coefficient (Wildman–Crippen LogP) is 3.19. The summed E-state index contributed by atoms with van der Waals surface area (Å²) in [5.41, 5.74) is 7.63. The maximum absolute atomic E-state index is 12.0. The van der Waals surface area contributed by atoms with Gasteiger partial charge in [0.2, 0.25) is 0 Å². The number of phenols is 1. The van der Waals surface area contributed by atoms with E-state index in [2.05, 4.69) is 5.32 Å². The van der Waals surface area contributed by atoms with Crippen LogP contribution in [-0.4, -0.2) is 11.0 Å². The minimum absolute atomic E-state index is 0.126. The molecule has 0 unspecified atom stereocenters. The number of hydrogen-bond donors (Lipinski definition) is 3. The first-order valence-corrected chi connectivity index (χ1v) is 6.01. The summed E-state index contributed by atoms with van der Waals surface area (Å²) < 4.78 is 0. The highest BCUT2D eigenvalue weighted by molar-refractivity contribution is 6.34. The number of nitrogen functional groups attached to an aromatic ring is 1. The Morgan fingerprint density at radius 2 is 2.00 bits per heavy atom. The van der Waals surface area contributed by atoms with Gasteiger partial charge in [-0.05, 0) is 36.8 Å². The Hall–Kier alpha value is -2.20. The van der Waals surface area contributed by atoms with Crippen molar-refractivity contribution in [3.63, 3.8) is 0 Å². The quantitative estimate of drug-likeness (QED) is 0.737. The lowest BCUT2D eigenvalue weighted by molar-refractivity contribution is 0.102. The molecule has 0 aliphatic rings. The summed E-state index contributed by atoms with van der Waals surface area (Å²) in [6, 6.07) is 9.59. The van der Waals surface area contributed by atoms with Crippen LogP contribution in [0, 0.1) is 6.92 Å². The minimum atomic E-state index is -0.353. The van der Waals surface area contributed by atoms with E-state index in [-0.39, 0.29) is 16.7 Å². The molecular formula is C14H13ClN2O2. The molecule has 4 nitrogen and oxygen atoms in total. The van der Waals surface area contributed by atoms with Gasteiger partial charge in [-0.1, -0.05) is 17.7 Å². The molecule has 0 heterocycles. The summed E-state index contributed by atoms with van der Waals surface area (Å²) in [6.07, 6.45) is 0. The van der Waals surface area contributed by atoms with Crippen molar-refractivity contribution in [2.24, 2.45) is 0 Å². The molecule has 4 N–H and O–H groups in total. The van der Waals surface area contributed by atoms with Crippen LogP contribution in [0.4, 0.5) is 11.4 Å². The molecule has 2 aromatic carbocycles. The van der Waals surface area contributed by atoms with Gasteiger partial charge in [-0.25, -0.2) is 0 Å². The number of nitrogens with two attached hydrogens (primary N) is 1. The molecule has 0 radical (unpaired) electrons. The topological polar surface area (TPSA) is 75.4 Å². The van der Waals surface area contributed by atoms with E-state index >= 15 is 0 Å². The largest absolute Gasteiger partial charge is 0.508 e. The fraction of sp³-hybridized carbons (Fsp3) is 0.0714. The van der Waals surface area contributed by atoms with Crippen LogP contribution in [0.15, 0.2) is 36.4 Å². The number of halogens is 1. The Balaban J connectivity index is 2.23. The average Bonchev–Trinajstić information content (AvgIpc) is 2.33. The fourth-order valence-electron chi connectivity index (χ4n) is 1.60. The highest BCUT2D eigenvalue weighted by Crippen LogP contribution is 2.23. The van der Waals surface area contributed by atoms with Crippen molar-refractivity contribution in [3.05, 3.63) is 52.5 Å². The Labute approximate surface area is 115 Å². The van der Waals surface area contributed by atoms with Crippen LogP contribution in [0.5, 0.6) is 5.75 Å². The van der Waals surface area contributed by atoms with Crippen LogP contribution in [0.25, 0.3) is 0 Å². The van der Waals surface area contributed by atoms with Crippen molar-refractivity contribution in [1.29, 1.82) is 0 Å². The third kappa shape index (κ3) is 2.98. The predicted molar refractivity (Wildman–Crippen MR) is 76.7 cm³/mol. The molecule has 19 heavy (non-hydrogen) atoms. The Morgan fingerprint density at radius 1 is 1.26 bits per heavy atom. The van der Waals surface area contributed by atoms with Gasteiger partial charge in [-0.15, -0.1) is 0 Å². The molecule has 2 rings (SSSR count). The van der Waals surface area contributed by atoms with Crippen LogP contribution in [0.1, 0.15) is 15.9 Å². The van der Waals surface area contributed by atoms with Gasteiger partial charge in [-0.2, -0.15) is 0 Å². The van der Waals surface area contributed by atoms with Crippen molar-refractivity contribution in [3.8, 4) is 5.75 Å². The molecule has 5 heteroatoms. The number of carbonyl (C=O) groups is 1. The number of phenolic OH excluding ortho intramolecular Hbond substituents is 1. The van der Waals surface area contributed by atoms with Gasteiger partial charge in [-0.3, -0.25) is 4.79 Å². The number of amides is 1. The molecule has 0 atom stereocenters. The van der Waals surface area contributed by atoms with E-state index in [0.717, 1.165) is 5.56 Å². The standard InChI is InChI=1S/C14H13ClN2O2/c1-8-2-4-10(7-13(8)18)17-14(19)11-5-3-9(16)6-12(11)15/h2-7,18H,16H2,1H3,(H,17,19). The molecule has 0 aliphatic carbocycles. The van der Waals surface area contributed by atoms with E-state index in [4.69, 9.17) is 17.3 Å². The summed E-state index contributed by atoms with van der Waals surface area (Å²) in [5.74, 6) is -0.227. The third-order valence-electron chi connectivity index (χ3n) is 2.70. The number of hydrogen-bond acceptors (Lipinski definition) is 3. The second-order valence-corrected chi connectivity index (χ2v) is 4.60. The molecule has 0 aromatic heterocycles. The van der Waals surface area contributed by atoms with E-state index in [1.807, 2.05) is 0 Å². The van der Waals surface area contributed by atoms with E-state index in [1.165, 1.54) is 12.1 Å². The maximum atomic E-state index is 12.0. The molecule has 98 valence electrons. The molecule has 0 bridgehead atoms. The Kier molecular flexibility index (Phi) is 3.62. The van der Waals surface area contributed by atoms with Gasteiger partial charge in [0.15, 0.2) is 0 Å². The summed E-state index contributed by atoms with van der Waals surface area (Å²) in [7, 11) is 0. The SMILES string of the molecule is Cc1ccc(NC(=O)c2ccc(N)cc2Cl)cc1O. The first kappa shape index (κ1) is 13.2. The van der Waals surface area contributed by atoms with Gasteiger partial charge in [0.1, 0.15) is 5.75 Å². The molecular weight excluding hydrogens is 264 g/mol. The van der Waals surface area contributed by atoms with Gasteiger partial charge < -0.3 is 16.2 Å². The first-order valence-electron chi connectivity index (χ1n) is 5.63. The zero-order valence-electron chi connectivity index (χ0n) is 10.3. The van der Waals surface area contributed by atoms with Crippen LogP contribution >= 0.6 is 11.6 Å². The number of nitrogens with one attached hydrogen (secondary N) is 1. The highest BCUT2D eigenvalue weighted by Gasteiger charge is 2.11. The van der Waals surface area contributed by atoms with Crippen molar-refractivity contribution in [2.45, 2.75) is 6.92 Å². The van der Waals surface area contributed by atoms with E-state index in [0.29, 0.717) is 16.9 Å². The van der Waals surface area contributed by atoms with Crippen molar-refractivity contribution >= 4 is 28.9 Å².